The first-order valence-corrected chi connectivity index (χ1v) is 5.96. The first kappa shape index (κ1) is 12.2. The van der Waals surface area contributed by atoms with Crippen molar-refractivity contribution in [3.63, 3.8) is 0 Å². The number of hydrogen-bond acceptors (Lipinski definition) is 3. The van der Waals surface area contributed by atoms with Gasteiger partial charge in [-0.3, -0.25) is 4.79 Å². The molecule has 2 heterocycles. The van der Waals surface area contributed by atoms with Crippen LogP contribution in [0.3, 0.4) is 0 Å². The fraction of sp³-hybridized carbons (Fsp3) is 0.0714. The second-order valence-electron chi connectivity index (χ2n) is 4.40. The summed E-state index contributed by atoms with van der Waals surface area (Å²) in [6, 6.07) is 12.2. The number of aryl methyl sites for hydroxylation is 1. The fourth-order valence-corrected chi connectivity index (χ4v) is 2.13. The summed E-state index contributed by atoms with van der Waals surface area (Å²) in [5.41, 5.74) is 1.40. The van der Waals surface area contributed by atoms with Gasteiger partial charge in [0.1, 0.15) is 11.3 Å². The van der Waals surface area contributed by atoms with Gasteiger partial charge in [-0.2, -0.15) is 9.61 Å². The number of benzene rings is 1. The highest BCUT2D eigenvalue weighted by molar-refractivity contribution is 5.86. The lowest BCUT2D eigenvalue weighted by molar-refractivity contribution is 0.0685. The van der Waals surface area contributed by atoms with Gasteiger partial charge in [0.2, 0.25) is 0 Å². The molecule has 3 rings (SSSR count). The van der Waals surface area contributed by atoms with E-state index in [2.05, 4.69) is 5.10 Å². The van der Waals surface area contributed by atoms with Crippen molar-refractivity contribution in [1.82, 2.24) is 14.2 Å². The van der Waals surface area contributed by atoms with Crippen LogP contribution in [-0.2, 0) is 7.05 Å². The summed E-state index contributed by atoms with van der Waals surface area (Å²) < 4.78 is 2.64. The molecule has 1 aromatic carbocycles. The van der Waals surface area contributed by atoms with E-state index < -0.39 is 11.5 Å². The van der Waals surface area contributed by atoms with Crippen LogP contribution in [0.2, 0.25) is 0 Å². The lowest BCUT2D eigenvalue weighted by atomic mass is 10.2. The number of carboxylic acids is 1. The van der Waals surface area contributed by atoms with E-state index in [-0.39, 0.29) is 5.69 Å². The molecular weight excluding hydrogens is 258 g/mol. The Hall–Kier alpha value is -2.89. The monoisotopic (exact) mass is 269 g/mol. The van der Waals surface area contributed by atoms with Gasteiger partial charge in [0.05, 0.1) is 5.69 Å². The number of carboxylic acid groups (broad SMARTS) is 1. The molecule has 0 saturated heterocycles. The Morgan fingerprint density at radius 1 is 1.20 bits per heavy atom. The number of nitrogens with zero attached hydrogens (tertiary/aromatic N) is 3. The largest absolute Gasteiger partial charge is 0.477 e. The van der Waals surface area contributed by atoms with Crippen LogP contribution in [0, 0.1) is 0 Å². The number of hydrogen-bond donors (Lipinski definition) is 1. The molecule has 100 valence electrons. The minimum absolute atomic E-state index is 0.0676. The Morgan fingerprint density at radius 2 is 1.90 bits per heavy atom. The van der Waals surface area contributed by atoms with Crippen molar-refractivity contribution in [3.8, 4) is 11.3 Å². The first-order chi connectivity index (χ1) is 9.58. The highest BCUT2D eigenvalue weighted by Gasteiger charge is 2.14. The summed E-state index contributed by atoms with van der Waals surface area (Å²) in [6.45, 7) is 0. The van der Waals surface area contributed by atoms with E-state index in [9.17, 15) is 9.59 Å². The second-order valence-corrected chi connectivity index (χ2v) is 4.40. The van der Waals surface area contributed by atoms with Crippen LogP contribution in [0.5, 0.6) is 0 Å². The van der Waals surface area contributed by atoms with Gasteiger partial charge in [0.25, 0.3) is 5.56 Å². The van der Waals surface area contributed by atoms with Gasteiger partial charge in [0.15, 0.2) is 0 Å². The molecule has 20 heavy (non-hydrogen) atoms. The number of aromatic nitrogens is 3. The summed E-state index contributed by atoms with van der Waals surface area (Å²) in [5.74, 6) is -1.14. The Balaban J connectivity index is 2.32. The molecule has 0 amide bonds. The SMILES string of the molecule is Cn1c(C(=O)O)cc(=O)n2nc(-c3ccccc3)cc12. The van der Waals surface area contributed by atoms with E-state index in [1.807, 2.05) is 30.3 Å². The molecule has 0 saturated carbocycles. The van der Waals surface area contributed by atoms with Crippen molar-refractivity contribution in [2.75, 3.05) is 0 Å². The number of carbonyl (C=O) groups is 1. The highest BCUT2D eigenvalue weighted by atomic mass is 16.4. The molecule has 6 heteroatoms. The average molecular weight is 269 g/mol. The fourth-order valence-electron chi connectivity index (χ4n) is 2.13. The van der Waals surface area contributed by atoms with Crippen LogP contribution in [0.25, 0.3) is 16.9 Å². The molecule has 3 aromatic rings. The van der Waals surface area contributed by atoms with Gasteiger partial charge in [-0.25, -0.2) is 4.79 Å². The summed E-state index contributed by atoms with van der Waals surface area (Å²) in [6.07, 6.45) is 0. The van der Waals surface area contributed by atoms with Crippen molar-refractivity contribution in [2.24, 2.45) is 7.05 Å². The molecule has 0 spiro atoms. The first-order valence-electron chi connectivity index (χ1n) is 5.96. The number of rotatable bonds is 2. The van der Waals surface area contributed by atoms with Crippen LogP contribution >= 0.6 is 0 Å². The third-order valence-electron chi connectivity index (χ3n) is 3.15. The highest BCUT2D eigenvalue weighted by Crippen LogP contribution is 2.18. The van der Waals surface area contributed by atoms with Gasteiger partial charge < -0.3 is 9.67 Å². The van der Waals surface area contributed by atoms with E-state index >= 15 is 0 Å². The van der Waals surface area contributed by atoms with Crippen LogP contribution in [0.15, 0.2) is 47.3 Å². The van der Waals surface area contributed by atoms with Crippen LogP contribution in [0.1, 0.15) is 10.5 Å². The zero-order chi connectivity index (χ0) is 14.3. The molecule has 0 radical (unpaired) electrons. The van der Waals surface area contributed by atoms with E-state index in [4.69, 9.17) is 5.11 Å². The zero-order valence-corrected chi connectivity index (χ0v) is 10.6. The van der Waals surface area contributed by atoms with Crippen molar-refractivity contribution in [3.05, 3.63) is 58.5 Å². The average Bonchev–Trinajstić information content (AvgIpc) is 2.89. The van der Waals surface area contributed by atoms with Gasteiger partial charge >= 0.3 is 5.97 Å². The Kier molecular flexibility index (Phi) is 2.64. The van der Waals surface area contributed by atoms with Crippen molar-refractivity contribution >= 4 is 11.6 Å². The maximum Gasteiger partial charge on any atom is 0.352 e. The van der Waals surface area contributed by atoms with Gasteiger partial charge in [-0.1, -0.05) is 30.3 Å². The molecular formula is C14H11N3O3. The van der Waals surface area contributed by atoms with Gasteiger partial charge in [0, 0.05) is 24.7 Å². The molecule has 2 aromatic heterocycles. The van der Waals surface area contributed by atoms with E-state index in [1.54, 1.807) is 13.1 Å². The molecule has 0 bridgehead atoms. The second kappa shape index (κ2) is 4.34. The summed E-state index contributed by atoms with van der Waals surface area (Å²) in [4.78, 5) is 23.0. The van der Waals surface area contributed by atoms with Gasteiger partial charge in [-0.05, 0) is 0 Å². The molecule has 6 nitrogen and oxygen atoms in total. The zero-order valence-electron chi connectivity index (χ0n) is 10.6. The summed E-state index contributed by atoms with van der Waals surface area (Å²) >= 11 is 0. The standard InChI is InChI=1S/C14H11N3O3/c1-16-11(14(19)20)8-13(18)17-12(16)7-10(15-17)9-5-3-2-4-6-9/h2-8H,1H3,(H,19,20). The molecule has 0 aliphatic carbocycles. The van der Waals surface area contributed by atoms with Crippen LogP contribution < -0.4 is 5.56 Å². The molecule has 0 aliphatic rings. The Labute approximate surface area is 113 Å². The smallest absolute Gasteiger partial charge is 0.352 e. The van der Waals surface area contributed by atoms with Crippen LogP contribution in [0.4, 0.5) is 0 Å². The van der Waals surface area contributed by atoms with E-state index in [0.29, 0.717) is 11.3 Å². The van der Waals surface area contributed by atoms with Crippen molar-refractivity contribution in [2.45, 2.75) is 0 Å². The maximum atomic E-state index is 11.9. The maximum absolute atomic E-state index is 11.9. The summed E-state index contributed by atoms with van der Waals surface area (Å²) in [7, 11) is 1.59. The Morgan fingerprint density at radius 3 is 2.55 bits per heavy atom. The molecule has 0 unspecified atom stereocenters. The molecule has 1 N–H and O–H groups in total. The minimum Gasteiger partial charge on any atom is -0.477 e. The quantitative estimate of drug-likeness (QED) is 0.763. The Bertz CT molecular complexity index is 862. The predicted molar refractivity (Wildman–Crippen MR) is 72.8 cm³/mol. The van der Waals surface area contributed by atoms with E-state index in [1.165, 1.54) is 9.08 Å². The third-order valence-corrected chi connectivity index (χ3v) is 3.15. The predicted octanol–water partition coefficient (Wildman–Crippen LogP) is 1.40. The van der Waals surface area contributed by atoms with Crippen molar-refractivity contribution in [1.29, 1.82) is 0 Å². The van der Waals surface area contributed by atoms with Gasteiger partial charge in [-0.15, -0.1) is 0 Å². The topological polar surface area (TPSA) is 76.6 Å². The number of aromatic carboxylic acids is 1. The molecule has 0 aliphatic heterocycles. The lowest BCUT2D eigenvalue weighted by Gasteiger charge is -2.05. The van der Waals surface area contributed by atoms with Crippen LogP contribution in [-0.4, -0.2) is 25.3 Å². The third kappa shape index (κ3) is 1.78. The van der Waals surface area contributed by atoms with E-state index in [0.717, 1.165) is 11.6 Å². The minimum atomic E-state index is -1.14. The van der Waals surface area contributed by atoms with Crippen molar-refractivity contribution < 1.29 is 9.90 Å². The normalized spacial score (nSPS) is 10.8. The lowest BCUT2D eigenvalue weighted by Crippen LogP contribution is -2.21. The molecule has 0 atom stereocenters. The molecule has 0 fully saturated rings. The summed E-state index contributed by atoms with van der Waals surface area (Å²) in [5, 5.41) is 13.3. The number of fused-ring (bicyclic) bond motifs is 1.